The highest BCUT2D eigenvalue weighted by Crippen LogP contribution is 2.22. The van der Waals surface area contributed by atoms with Gasteiger partial charge in [0.25, 0.3) is 5.69 Å². The molecule has 0 aromatic carbocycles. The summed E-state index contributed by atoms with van der Waals surface area (Å²) in [5.74, 6) is 0.221. The summed E-state index contributed by atoms with van der Waals surface area (Å²) in [5.41, 5.74) is 0.377. The van der Waals surface area contributed by atoms with Gasteiger partial charge in [-0.15, -0.1) is 0 Å². The zero-order chi connectivity index (χ0) is 14.7. The van der Waals surface area contributed by atoms with E-state index in [2.05, 4.69) is 15.4 Å². The Bertz CT molecular complexity index is 671. The molecule has 0 spiro atoms. The number of nitrogens with zero attached hydrogens (tertiary/aromatic N) is 4. The highest BCUT2D eigenvalue weighted by atomic mass is 35.5. The molecule has 0 fully saturated rings. The summed E-state index contributed by atoms with van der Waals surface area (Å²) < 4.78 is 1.31. The van der Waals surface area contributed by atoms with Crippen LogP contribution in [-0.4, -0.2) is 30.9 Å². The molecular formula is C10H8ClN5O4. The Hall–Kier alpha value is -2.68. The maximum atomic E-state index is 10.6. The lowest BCUT2D eigenvalue weighted by molar-refractivity contribution is -0.385. The second-order valence-electron chi connectivity index (χ2n) is 3.71. The summed E-state index contributed by atoms with van der Waals surface area (Å²) in [6, 6.07) is 1.17. The fourth-order valence-corrected chi connectivity index (χ4v) is 1.68. The van der Waals surface area contributed by atoms with Gasteiger partial charge in [-0.2, -0.15) is 5.10 Å². The van der Waals surface area contributed by atoms with Crippen LogP contribution in [0.25, 0.3) is 5.82 Å². The van der Waals surface area contributed by atoms with Gasteiger partial charge in [-0.1, -0.05) is 11.6 Å². The van der Waals surface area contributed by atoms with Gasteiger partial charge >= 0.3 is 6.09 Å². The first kappa shape index (κ1) is 13.7. The van der Waals surface area contributed by atoms with Crippen molar-refractivity contribution in [1.29, 1.82) is 0 Å². The molecule has 0 radical (unpaired) electrons. The largest absolute Gasteiger partial charge is 0.465 e. The van der Waals surface area contributed by atoms with Gasteiger partial charge < -0.3 is 10.4 Å². The van der Waals surface area contributed by atoms with E-state index in [0.717, 1.165) is 6.20 Å². The minimum Gasteiger partial charge on any atom is -0.465 e. The average Bonchev–Trinajstić information content (AvgIpc) is 2.84. The summed E-state index contributed by atoms with van der Waals surface area (Å²) in [5, 5.41) is 25.3. The Kier molecular flexibility index (Phi) is 3.80. The van der Waals surface area contributed by atoms with Crippen LogP contribution in [-0.2, 0) is 6.54 Å². The van der Waals surface area contributed by atoms with Crippen LogP contribution in [0.3, 0.4) is 0 Å². The first-order chi connectivity index (χ1) is 9.47. The van der Waals surface area contributed by atoms with Gasteiger partial charge in [0.15, 0.2) is 5.82 Å². The average molecular weight is 298 g/mol. The van der Waals surface area contributed by atoms with Crippen LogP contribution in [0.5, 0.6) is 0 Å². The number of amides is 1. The van der Waals surface area contributed by atoms with E-state index in [1.165, 1.54) is 23.1 Å². The normalized spacial score (nSPS) is 10.2. The van der Waals surface area contributed by atoms with Crippen LogP contribution in [0.15, 0.2) is 24.7 Å². The predicted molar refractivity (Wildman–Crippen MR) is 67.9 cm³/mol. The summed E-state index contributed by atoms with van der Waals surface area (Å²) in [4.78, 5) is 24.2. The summed E-state index contributed by atoms with van der Waals surface area (Å²) >= 11 is 5.91. The number of pyridine rings is 1. The van der Waals surface area contributed by atoms with Gasteiger partial charge in [-0.25, -0.2) is 14.5 Å². The lowest BCUT2D eigenvalue weighted by atomic mass is 10.3. The monoisotopic (exact) mass is 297 g/mol. The van der Waals surface area contributed by atoms with E-state index in [0.29, 0.717) is 5.56 Å². The molecule has 104 valence electrons. The number of carbonyl (C=O) groups is 1. The second kappa shape index (κ2) is 5.53. The smallest absolute Gasteiger partial charge is 0.404 e. The topological polar surface area (TPSA) is 123 Å². The lowest BCUT2D eigenvalue weighted by Crippen LogP contribution is -2.19. The zero-order valence-corrected chi connectivity index (χ0v) is 10.6. The van der Waals surface area contributed by atoms with Gasteiger partial charge in [0.2, 0.25) is 0 Å². The van der Waals surface area contributed by atoms with Crippen molar-refractivity contribution in [2.75, 3.05) is 0 Å². The quantitative estimate of drug-likeness (QED) is 0.652. The van der Waals surface area contributed by atoms with Gasteiger partial charge in [-0.3, -0.25) is 10.1 Å². The molecule has 10 heteroatoms. The summed E-state index contributed by atoms with van der Waals surface area (Å²) in [7, 11) is 0. The van der Waals surface area contributed by atoms with Crippen LogP contribution >= 0.6 is 11.6 Å². The Morgan fingerprint density at radius 1 is 1.55 bits per heavy atom. The first-order valence-electron chi connectivity index (χ1n) is 5.28. The van der Waals surface area contributed by atoms with E-state index in [4.69, 9.17) is 16.7 Å². The molecule has 2 aromatic rings. The molecule has 0 aliphatic heterocycles. The Morgan fingerprint density at radius 2 is 2.30 bits per heavy atom. The number of rotatable bonds is 4. The Labute approximate surface area is 117 Å². The number of nitro groups is 1. The molecule has 0 saturated carbocycles. The van der Waals surface area contributed by atoms with Crippen molar-refractivity contribution in [3.63, 3.8) is 0 Å². The number of hydrogen-bond acceptors (Lipinski definition) is 5. The molecule has 2 rings (SSSR count). The highest BCUT2D eigenvalue weighted by Gasteiger charge is 2.13. The molecule has 20 heavy (non-hydrogen) atoms. The van der Waals surface area contributed by atoms with Gasteiger partial charge in [0.1, 0.15) is 6.20 Å². The van der Waals surface area contributed by atoms with Crippen LogP contribution in [0, 0.1) is 10.1 Å². The molecule has 0 aliphatic rings. The zero-order valence-electron chi connectivity index (χ0n) is 9.86. The van der Waals surface area contributed by atoms with Crippen LogP contribution in [0.1, 0.15) is 5.56 Å². The molecular weight excluding hydrogens is 290 g/mol. The third-order valence-electron chi connectivity index (χ3n) is 2.31. The molecule has 0 atom stereocenters. The van der Waals surface area contributed by atoms with E-state index < -0.39 is 11.0 Å². The van der Waals surface area contributed by atoms with E-state index >= 15 is 0 Å². The maximum absolute atomic E-state index is 10.6. The van der Waals surface area contributed by atoms with E-state index in [-0.39, 0.29) is 23.1 Å². The van der Waals surface area contributed by atoms with Crippen LogP contribution in [0.2, 0.25) is 5.02 Å². The van der Waals surface area contributed by atoms with Crippen molar-refractivity contribution in [2.24, 2.45) is 0 Å². The molecule has 2 aromatic heterocycles. The van der Waals surface area contributed by atoms with Gasteiger partial charge in [-0.05, 0) is 0 Å². The molecule has 0 saturated heterocycles. The second-order valence-corrected chi connectivity index (χ2v) is 4.12. The van der Waals surface area contributed by atoms with E-state index in [1.54, 1.807) is 0 Å². The lowest BCUT2D eigenvalue weighted by Gasteiger charge is -2.02. The van der Waals surface area contributed by atoms with Crippen molar-refractivity contribution in [3.05, 3.63) is 45.4 Å². The molecule has 1 amide bonds. The summed E-state index contributed by atoms with van der Waals surface area (Å²) in [6.07, 6.45) is 2.88. The fraction of sp³-hybridized carbons (Fsp3) is 0.100. The fourth-order valence-electron chi connectivity index (χ4n) is 1.43. The first-order valence-corrected chi connectivity index (χ1v) is 5.66. The highest BCUT2D eigenvalue weighted by molar-refractivity contribution is 6.32. The predicted octanol–water partition coefficient (Wildman–Crippen LogP) is 1.60. The van der Waals surface area contributed by atoms with Crippen molar-refractivity contribution in [3.8, 4) is 5.82 Å². The number of carboxylic acid groups (broad SMARTS) is 1. The third-order valence-corrected chi connectivity index (χ3v) is 2.59. The Balaban J connectivity index is 2.23. The van der Waals surface area contributed by atoms with Crippen molar-refractivity contribution in [1.82, 2.24) is 20.1 Å². The minimum atomic E-state index is -1.15. The molecule has 0 bridgehead atoms. The Morgan fingerprint density at radius 3 is 2.90 bits per heavy atom. The molecule has 9 nitrogen and oxygen atoms in total. The van der Waals surface area contributed by atoms with Crippen LogP contribution in [0.4, 0.5) is 10.5 Å². The molecule has 2 heterocycles. The minimum absolute atomic E-state index is 0.0695. The van der Waals surface area contributed by atoms with Crippen LogP contribution < -0.4 is 5.32 Å². The number of halogens is 1. The molecule has 2 N–H and O–H groups in total. The molecule has 0 unspecified atom stereocenters. The van der Waals surface area contributed by atoms with Crippen molar-refractivity contribution >= 4 is 23.4 Å². The van der Waals surface area contributed by atoms with Gasteiger partial charge in [0, 0.05) is 24.4 Å². The summed E-state index contributed by atoms with van der Waals surface area (Å²) in [6.45, 7) is 0.0833. The number of hydrogen-bond donors (Lipinski definition) is 2. The SMILES string of the molecule is O=C(O)NCc1cnn(-c2ncc([N+](=O)[O-])cc2Cl)c1. The van der Waals surface area contributed by atoms with Crippen molar-refractivity contribution < 1.29 is 14.8 Å². The third kappa shape index (κ3) is 3.01. The number of aromatic nitrogens is 3. The standard InChI is InChI=1S/C10H8ClN5O4/c11-8-1-7(16(19)20)4-12-9(8)15-5-6(3-14-15)2-13-10(17)18/h1,3-5,13H,2H2,(H,17,18). The van der Waals surface area contributed by atoms with E-state index in [9.17, 15) is 14.9 Å². The molecule has 0 aliphatic carbocycles. The van der Waals surface area contributed by atoms with E-state index in [1.807, 2.05) is 0 Å². The maximum Gasteiger partial charge on any atom is 0.404 e. The van der Waals surface area contributed by atoms with Gasteiger partial charge in [0.05, 0.1) is 16.1 Å². The van der Waals surface area contributed by atoms with Crippen molar-refractivity contribution in [2.45, 2.75) is 6.54 Å². The number of nitrogens with one attached hydrogen (secondary N) is 1.